The summed E-state index contributed by atoms with van der Waals surface area (Å²) < 4.78 is 61.9. The summed E-state index contributed by atoms with van der Waals surface area (Å²) in [5.74, 6) is 3.51. The van der Waals surface area contributed by atoms with Crippen molar-refractivity contribution in [1.82, 2.24) is 14.3 Å². The molecule has 4 rings (SSSR count). The van der Waals surface area contributed by atoms with Gasteiger partial charge in [-0.15, -0.1) is 11.8 Å². The van der Waals surface area contributed by atoms with Crippen molar-refractivity contribution in [3.63, 3.8) is 0 Å². The van der Waals surface area contributed by atoms with Gasteiger partial charge >= 0.3 is 5.51 Å². The highest BCUT2D eigenvalue weighted by Gasteiger charge is 2.37. The highest BCUT2D eigenvalue weighted by atomic mass is 32.2. The van der Waals surface area contributed by atoms with Crippen molar-refractivity contribution in [1.29, 1.82) is 0 Å². The smallest absolute Gasteiger partial charge is 0.447 e. The quantitative estimate of drug-likeness (QED) is 0.102. The number of thioether (sulfide) groups is 2. The van der Waals surface area contributed by atoms with Crippen molar-refractivity contribution in [3.8, 4) is 17.6 Å². The average molecular weight is 595 g/mol. The molecule has 1 fully saturated rings. The summed E-state index contributed by atoms with van der Waals surface area (Å²) in [4.78, 5) is 6.35. The Bertz CT molecular complexity index is 1410. The second-order valence-electron chi connectivity index (χ2n) is 8.84. The Morgan fingerprint density at radius 2 is 2.02 bits per heavy atom. The number of rotatable bonds is 8. The van der Waals surface area contributed by atoms with E-state index in [1.54, 1.807) is 24.9 Å². The zero-order valence-corrected chi connectivity index (χ0v) is 23.1. The van der Waals surface area contributed by atoms with Gasteiger partial charge in [-0.05, 0) is 48.9 Å². The number of fused-ring (bicyclic) bond motifs is 1. The fourth-order valence-electron chi connectivity index (χ4n) is 4.23. The number of nitrogens with zero attached hydrogens (tertiary/aromatic N) is 3. The molecule has 0 amide bonds. The standard InChI is InChI=1S/C25H26BF4N5O3S2/c1-38-21-13-15(39-2)7-8-18(21)31-10-3-5-20-23(40-25(28,29)30)35-11-4-6-19(22(35)33-20)32-17-9-12-34(14-16(17)27)24(26,36)37/h4,6-8,11,13,16-17,31-32,36-37H,9-10,12,14H2,1-2H3. The Balaban J connectivity index is 1.58. The van der Waals surface area contributed by atoms with Gasteiger partial charge in [0.25, 0.3) is 0 Å². The van der Waals surface area contributed by atoms with Gasteiger partial charge in [-0.25, -0.2) is 9.37 Å². The number of piperidine rings is 1. The Kier molecular flexibility index (Phi) is 9.36. The van der Waals surface area contributed by atoms with Crippen LogP contribution in [0.25, 0.3) is 5.65 Å². The number of alkyl halides is 4. The minimum absolute atomic E-state index is 0.0804. The van der Waals surface area contributed by atoms with E-state index < -0.39 is 23.5 Å². The van der Waals surface area contributed by atoms with Crippen LogP contribution in [-0.2, 0) is 0 Å². The molecule has 0 spiro atoms. The zero-order chi connectivity index (χ0) is 29.1. The van der Waals surface area contributed by atoms with Crippen molar-refractivity contribution < 1.29 is 32.5 Å². The Morgan fingerprint density at radius 1 is 1.25 bits per heavy atom. The van der Waals surface area contributed by atoms with Gasteiger partial charge in [0.15, 0.2) is 19.3 Å². The molecule has 2 atom stereocenters. The lowest BCUT2D eigenvalue weighted by molar-refractivity contribution is -0.207. The normalized spacial score (nSPS) is 18.3. The molecule has 2 aromatic heterocycles. The molecule has 8 nitrogen and oxygen atoms in total. The fraction of sp³-hybridized carbons (Fsp3) is 0.400. The number of imidazole rings is 1. The maximum absolute atomic E-state index is 14.9. The number of hydrogen-bond acceptors (Lipinski definition) is 9. The predicted molar refractivity (Wildman–Crippen MR) is 149 cm³/mol. The molecule has 0 bridgehead atoms. The maximum atomic E-state index is 14.9. The van der Waals surface area contributed by atoms with Crippen molar-refractivity contribution in [3.05, 3.63) is 42.2 Å². The van der Waals surface area contributed by atoms with Crippen LogP contribution in [0.4, 0.5) is 28.9 Å². The third kappa shape index (κ3) is 7.30. The summed E-state index contributed by atoms with van der Waals surface area (Å²) in [6.45, 7) is -0.143. The first-order chi connectivity index (χ1) is 18.9. The van der Waals surface area contributed by atoms with E-state index in [-0.39, 0.29) is 54.2 Å². The number of hydrogen-bond donors (Lipinski definition) is 4. The van der Waals surface area contributed by atoms with Gasteiger partial charge in [0, 0.05) is 35.9 Å². The van der Waals surface area contributed by atoms with Gasteiger partial charge in [0.1, 0.15) is 22.6 Å². The first-order valence-electron chi connectivity index (χ1n) is 12.0. The molecule has 3 heterocycles. The van der Waals surface area contributed by atoms with Crippen LogP contribution >= 0.6 is 23.5 Å². The van der Waals surface area contributed by atoms with E-state index in [2.05, 4.69) is 27.5 Å². The van der Waals surface area contributed by atoms with E-state index in [4.69, 9.17) is 12.6 Å². The lowest BCUT2D eigenvalue weighted by Crippen LogP contribution is -2.58. The molecule has 0 saturated carbocycles. The third-order valence-electron chi connectivity index (χ3n) is 6.15. The first kappa shape index (κ1) is 30.2. The summed E-state index contributed by atoms with van der Waals surface area (Å²) in [7, 11) is 6.78. The van der Waals surface area contributed by atoms with Crippen LogP contribution in [-0.4, -0.2) is 88.9 Å². The SMILES string of the molecule is [B]C(O)(O)N1CCC(Nc2cccn3c(SC(F)(F)F)c(C#CCNc4ccc(SC)cc4OC)nc23)C(F)C1. The molecule has 1 aliphatic heterocycles. The molecular weight excluding hydrogens is 569 g/mol. The van der Waals surface area contributed by atoms with Crippen LogP contribution in [0.3, 0.4) is 0 Å². The number of benzene rings is 1. The maximum Gasteiger partial charge on any atom is 0.447 e. The van der Waals surface area contributed by atoms with Crippen LogP contribution in [0.1, 0.15) is 12.1 Å². The molecule has 3 aromatic rings. The number of ether oxygens (including phenoxy) is 1. The summed E-state index contributed by atoms with van der Waals surface area (Å²) in [5.41, 5.74) is -3.54. The number of halogens is 4. The molecule has 212 valence electrons. The summed E-state index contributed by atoms with van der Waals surface area (Å²) in [6, 6.07) is 7.95. The largest absolute Gasteiger partial charge is 0.495 e. The molecule has 1 saturated heterocycles. The van der Waals surface area contributed by atoms with Crippen LogP contribution in [0.5, 0.6) is 5.75 Å². The number of aliphatic hydroxyl groups is 2. The molecule has 2 radical (unpaired) electrons. The van der Waals surface area contributed by atoms with E-state index in [1.165, 1.54) is 16.7 Å². The van der Waals surface area contributed by atoms with Crippen molar-refractivity contribution in [2.24, 2.45) is 0 Å². The van der Waals surface area contributed by atoms with Gasteiger partial charge in [0.05, 0.1) is 31.1 Å². The minimum atomic E-state index is -4.60. The van der Waals surface area contributed by atoms with Crippen LogP contribution in [0, 0.1) is 11.8 Å². The van der Waals surface area contributed by atoms with Crippen LogP contribution in [0.2, 0.25) is 0 Å². The predicted octanol–water partition coefficient (Wildman–Crippen LogP) is 3.73. The number of methoxy groups -OCH3 is 1. The molecule has 4 N–H and O–H groups in total. The number of anilines is 2. The number of likely N-dealkylation sites (tertiary alicyclic amines) is 1. The average Bonchev–Trinajstić information content (AvgIpc) is 3.23. The highest BCUT2D eigenvalue weighted by Crippen LogP contribution is 2.40. The van der Waals surface area contributed by atoms with Crippen molar-refractivity contribution in [2.75, 3.05) is 43.6 Å². The van der Waals surface area contributed by atoms with E-state index in [1.807, 2.05) is 24.5 Å². The van der Waals surface area contributed by atoms with Crippen LogP contribution < -0.4 is 15.4 Å². The fourth-order valence-corrected chi connectivity index (χ4v) is 5.31. The van der Waals surface area contributed by atoms with Gasteiger partial charge in [-0.2, -0.15) is 13.2 Å². The first-order valence-corrected chi connectivity index (χ1v) is 14.0. The van der Waals surface area contributed by atoms with Gasteiger partial charge in [-0.3, -0.25) is 9.30 Å². The molecule has 0 aliphatic carbocycles. The van der Waals surface area contributed by atoms with Crippen molar-refractivity contribution in [2.45, 2.75) is 39.9 Å². The van der Waals surface area contributed by atoms with E-state index in [9.17, 15) is 27.8 Å². The van der Waals surface area contributed by atoms with Crippen molar-refractivity contribution >= 4 is 48.4 Å². The van der Waals surface area contributed by atoms with E-state index in [0.717, 1.165) is 9.80 Å². The molecule has 15 heteroatoms. The topological polar surface area (TPSA) is 94.3 Å². The lowest BCUT2D eigenvalue weighted by Gasteiger charge is -2.40. The Hall–Kier alpha value is -2.77. The molecular formula is C25H26BF4N5O3S2. The van der Waals surface area contributed by atoms with Gasteiger partial charge < -0.3 is 25.6 Å². The zero-order valence-electron chi connectivity index (χ0n) is 21.5. The molecule has 2 unspecified atom stereocenters. The monoisotopic (exact) mass is 595 g/mol. The van der Waals surface area contributed by atoms with E-state index in [0.29, 0.717) is 17.1 Å². The number of pyridine rings is 1. The molecule has 40 heavy (non-hydrogen) atoms. The molecule has 1 aromatic carbocycles. The number of nitrogens with one attached hydrogen (secondary N) is 2. The summed E-state index contributed by atoms with van der Waals surface area (Å²) in [5, 5.41) is 25.0. The van der Waals surface area contributed by atoms with E-state index >= 15 is 0 Å². The third-order valence-corrected chi connectivity index (χ3v) is 7.69. The molecule has 1 aliphatic rings. The Morgan fingerprint density at radius 3 is 2.67 bits per heavy atom. The van der Waals surface area contributed by atoms with Crippen LogP contribution in [0.15, 0.2) is 46.5 Å². The lowest BCUT2D eigenvalue weighted by atomic mass is 9.96. The minimum Gasteiger partial charge on any atom is -0.495 e. The second kappa shape index (κ2) is 12.4. The van der Waals surface area contributed by atoms with Gasteiger partial charge in [-0.1, -0.05) is 5.92 Å². The summed E-state index contributed by atoms with van der Waals surface area (Å²) in [6.07, 6.45) is 1.99. The second-order valence-corrected chi connectivity index (χ2v) is 10.8. The number of aromatic nitrogens is 2. The summed E-state index contributed by atoms with van der Waals surface area (Å²) >= 11 is 1.22. The highest BCUT2D eigenvalue weighted by molar-refractivity contribution is 8.00. The van der Waals surface area contributed by atoms with Gasteiger partial charge in [0.2, 0.25) is 0 Å². The Labute approximate surface area is 238 Å².